The molecule has 0 radical (unpaired) electrons. The van der Waals surface area contributed by atoms with Gasteiger partial charge in [-0.1, -0.05) is 5.46 Å². The molecule has 0 aromatic heterocycles. The maximum absolute atomic E-state index is 12.8. The fraction of sp³-hybridized carbons (Fsp3) is 0. The van der Waals surface area contributed by atoms with E-state index < -0.39 is 16.4 Å². The van der Waals surface area contributed by atoms with E-state index in [-0.39, 0.29) is 5.69 Å². The Morgan fingerprint density at radius 2 is 2.17 bits per heavy atom. The van der Waals surface area contributed by atoms with Crippen molar-refractivity contribution in [3.8, 4) is 0 Å². The van der Waals surface area contributed by atoms with Gasteiger partial charge >= 0.3 is 5.69 Å². The van der Waals surface area contributed by atoms with Crippen LogP contribution in [0, 0.1) is 15.9 Å². The summed E-state index contributed by atoms with van der Waals surface area (Å²) in [6.07, 6.45) is 0. The number of nitro benzene ring substituents is 1. The van der Waals surface area contributed by atoms with Crippen LogP contribution in [-0.4, -0.2) is 12.8 Å². The molecule has 0 unspecified atom stereocenters. The molecule has 0 saturated carbocycles. The van der Waals surface area contributed by atoms with E-state index in [1.54, 1.807) is 7.85 Å². The van der Waals surface area contributed by atoms with E-state index in [1.165, 1.54) is 0 Å². The molecule has 0 spiro atoms. The third-order valence-corrected chi connectivity index (χ3v) is 1.53. The molecule has 0 amide bonds. The molecule has 0 aliphatic carbocycles. The molecule has 0 saturated heterocycles. The minimum absolute atomic E-state index is 0.220. The maximum Gasteiger partial charge on any atom is 0.304 e. The van der Waals surface area contributed by atoms with Crippen molar-refractivity contribution in [2.75, 3.05) is 5.73 Å². The van der Waals surface area contributed by atoms with Crippen LogP contribution in [0.5, 0.6) is 0 Å². The predicted octanol–water partition coefficient (Wildman–Crippen LogP) is -0.426. The van der Waals surface area contributed by atoms with E-state index in [4.69, 9.17) is 5.73 Å². The zero-order chi connectivity index (χ0) is 9.30. The summed E-state index contributed by atoms with van der Waals surface area (Å²) in [7, 11) is 1.59. The number of hydrogen-bond acceptors (Lipinski definition) is 3. The third-order valence-electron chi connectivity index (χ3n) is 1.53. The second-order valence-electron chi connectivity index (χ2n) is 2.42. The minimum atomic E-state index is -0.900. The van der Waals surface area contributed by atoms with Crippen molar-refractivity contribution in [2.45, 2.75) is 0 Å². The van der Waals surface area contributed by atoms with Crippen molar-refractivity contribution in [3.05, 3.63) is 28.1 Å². The number of nitrogen functional groups attached to an aromatic ring is 1. The first kappa shape index (κ1) is 8.51. The van der Waals surface area contributed by atoms with Gasteiger partial charge in [0.25, 0.3) is 0 Å². The molecule has 1 aromatic carbocycles. The van der Waals surface area contributed by atoms with Gasteiger partial charge in [0.15, 0.2) is 0 Å². The van der Waals surface area contributed by atoms with Crippen molar-refractivity contribution < 1.29 is 9.31 Å². The quantitative estimate of drug-likeness (QED) is 0.268. The van der Waals surface area contributed by atoms with Crippen LogP contribution >= 0.6 is 0 Å². The second kappa shape index (κ2) is 2.81. The highest BCUT2D eigenvalue weighted by atomic mass is 19.1. The number of nitro groups is 1. The lowest BCUT2D eigenvalue weighted by Crippen LogP contribution is -2.11. The molecule has 0 aliphatic rings. The lowest BCUT2D eigenvalue weighted by Gasteiger charge is -1.99. The summed E-state index contributed by atoms with van der Waals surface area (Å²) in [4.78, 5) is 9.43. The van der Waals surface area contributed by atoms with Gasteiger partial charge in [-0.3, -0.25) is 10.1 Å². The molecule has 0 fully saturated rings. The van der Waals surface area contributed by atoms with E-state index in [1.807, 2.05) is 0 Å². The monoisotopic (exact) mass is 168 g/mol. The van der Waals surface area contributed by atoms with Crippen molar-refractivity contribution >= 4 is 24.7 Å². The van der Waals surface area contributed by atoms with E-state index in [0.717, 1.165) is 12.1 Å². The average Bonchev–Trinajstić information content (AvgIpc) is 1.96. The van der Waals surface area contributed by atoms with Gasteiger partial charge < -0.3 is 5.73 Å². The SMILES string of the molecule is Bc1cc([N+](=O)[O-])c(F)cc1N. The normalized spacial score (nSPS) is 9.75. The zero-order valence-electron chi connectivity index (χ0n) is 6.37. The third kappa shape index (κ3) is 1.36. The topological polar surface area (TPSA) is 69.2 Å². The first-order valence-corrected chi connectivity index (χ1v) is 3.22. The van der Waals surface area contributed by atoms with Crippen LogP contribution in [0.3, 0.4) is 0 Å². The van der Waals surface area contributed by atoms with Gasteiger partial charge in [0.1, 0.15) is 7.85 Å². The second-order valence-corrected chi connectivity index (χ2v) is 2.42. The lowest BCUT2D eigenvalue weighted by atomic mass is 9.93. The number of halogens is 1. The Balaban J connectivity index is 3.33. The Kier molecular flexibility index (Phi) is 1.99. The summed E-state index contributed by atoms with van der Waals surface area (Å²) < 4.78 is 12.8. The van der Waals surface area contributed by atoms with Gasteiger partial charge in [0, 0.05) is 17.8 Å². The standard InChI is InChI=1S/C6H6BFN2O2/c7-3-1-6(10(11)12)4(8)2-5(3)9/h1-2H,7,9H2. The van der Waals surface area contributed by atoms with Crippen molar-refractivity contribution in [3.63, 3.8) is 0 Å². The van der Waals surface area contributed by atoms with Crippen LogP contribution in [0.4, 0.5) is 15.8 Å². The molecule has 0 heterocycles. The average molecular weight is 168 g/mol. The lowest BCUT2D eigenvalue weighted by molar-refractivity contribution is -0.387. The predicted molar refractivity (Wildman–Crippen MR) is 45.6 cm³/mol. The highest BCUT2D eigenvalue weighted by molar-refractivity contribution is 6.35. The summed E-state index contributed by atoms with van der Waals surface area (Å²) in [6, 6.07) is 2.07. The molecule has 0 atom stereocenters. The Hall–Kier alpha value is -1.59. The van der Waals surface area contributed by atoms with Crippen LogP contribution in [0.2, 0.25) is 0 Å². The van der Waals surface area contributed by atoms with Crippen LogP contribution in [-0.2, 0) is 0 Å². The summed E-state index contributed by atoms with van der Waals surface area (Å²) in [5, 5.41) is 10.2. The number of anilines is 1. The first-order valence-electron chi connectivity index (χ1n) is 3.22. The highest BCUT2D eigenvalue weighted by Crippen LogP contribution is 2.16. The van der Waals surface area contributed by atoms with Gasteiger partial charge in [0.05, 0.1) is 4.92 Å². The molecular weight excluding hydrogens is 162 g/mol. The van der Waals surface area contributed by atoms with Crippen LogP contribution in [0.15, 0.2) is 12.1 Å². The minimum Gasteiger partial charge on any atom is -0.399 e. The van der Waals surface area contributed by atoms with E-state index in [0.29, 0.717) is 5.46 Å². The molecule has 1 rings (SSSR count). The van der Waals surface area contributed by atoms with Gasteiger partial charge in [0.2, 0.25) is 5.82 Å². The maximum atomic E-state index is 12.8. The number of rotatable bonds is 1. The highest BCUT2D eigenvalue weighted by Gasteiger charge is 2.14. The number of benzene rings is 1. The van der Waals surface area contributed by atoms with Crippen molar-refractivity contribution in [2.24, 2.45) is 0 Å². The Morgan fingerprint density at radius 3 is 2.67 bits per heavy atom. The summed E-state index contributed by atoms with van der Waals surface area (Å²) in [6.45, 7) is 0. The van der Waals surface area contributed by atoms with Gasteiger partial charge in [-0.05, 0) is 0 Å². The van der Waals surface area contributed by atoms with Crippen LogP contribution < -0.4 is 11.2 Å². The number of nitrogens with two attached hydrogens (primary N) is 1. The molecule has 2 N–H and O–H groups in total. The molecule has 62 valence electrons. The molecular formula is C6H6BFN2O2. The van der Waals surface area contributed by atoms with Crippen LogP contribution in [0.1, 0.15) is 0 Å². The molecule has 0 aliphatic heterocycles. The van der Waals surface area contributed by atoms with Gasteiger partial charge in [-0.25, -0.2) is 0 Å². The Bertz CT molecular complexity index is 343. The smallest absolute Gasteiger partial charge is 0.304 e. The van der Waals surface area contributed by atoms with Crippen LogP contribution in [0.25, 0.3) is 0 Å². The molecule has 1 aromatic rings. The van der Waals surface area contributed by atoms with Gasteiger partial charge in [-0.15, -0.1) is 0 Å². The van der Waals surface area contributed by atoms with E-state index in [2.05, 4.69) is 0 Å². The zero-order valence-corrected chi connectivity index (χ0v) is 6.37. The number of hydrogen-bond donors (Lipinski definition) is 1. The molecule has 12 heavy (non-hydrogen) atoms. The van der Waals surface area contributed by atoms with Crippen molar-refractivity contribution in [1.29, 1.82) is 0 Å². The number of nitrogens with zero attached hydrogens (tertiary/aromatic N) is 1. The fourth-order valence-corrected chi connectivity index (χ4v) is 0.822. The molecule has 0 bridgehead atoms. The molecule has 6 heteroatoms. The Labute approximate surface area is 68.7 Å². The van der Waals surface area contributed by atoms with E-state index in [9.17, 15) is 14.5 Å². The molecule has 4 nitrogen and oxygen atoms in total. The van der Waals surface area contributed by atoms with E-state index >= 15 is 0 Å². The van der Waals surface area contributed by atoms with Crippen molar-refractivity contribution in [1.82, 2.24) is 0 Å². The largest absolute Gasteiger partial charge is 0.399 e. The Morgan fingerprint density at radius 1 is 1.58 bits per heavy atom. The van der Waals surface area contributed by atoms with Gasteiger partial charge in [-0.2, -0.15) is 4.39 Å². The fourth-order valence-electron chi connectivity index (χ4n) is 0.822. The summed E-state index contributed by atoms with van der Waals surface area (Å²) in [5.74, 6) is -0.900. The summed E-state index contributed by atoms with van der Waals surface area (Å²) in [5.41, 5.74) is 5.51. The summed E-state index contributed by atoms with van der Waals surface area (Å²) >= 11 is 0. The first-order chi connectivity index (χ1) is 5.52.